The molecule has 0 saturated carbocycles. The quantitative estimate of drug-likeness (QED) is 0.197. The first kappa shape index (κ1) is 31.2. The third kappa shape index (κ3) is 5.50. The lowest BCUT2D eigenvalue weighted by atomic mass is 9.84. The van der Waals surface area contributed by atoms with Crippen molar-refractivity contribution in [3.63, 3.8) is 0 Å². The van der Waals surface area contributed by atoms with Crippen molar-refractivity contribution in [3.8, 4) is 0 Å². The Kier molecular flexibility index (Phi) is 8.38. The van der Waals surface area contributed by atoms with Gasteiger partial charge in [0.1, 0.15) is 0 Å². The van der Waals surface area contributed by atoms with Crippen LogP contribution in [0.5, 0.6) is 0 Å². The van der Waals surface area contributed by atoms with Gasteiger partial charge in [-0.1, -0.05) is 26.5 Å². The van der Waals surface area contributed by atoms with E-state index in [1.807, 2.05) is 32.9 Å². The smallest absolute Gasteiger partial charge is 0.338 e. The zero-order valence-corrected chi connectivity index (χ0v) is 25.6. The summed E-state index contributed by atoms with van der Waals surface area (Å²) in [5.74, 6) is -4.18. The molecule has 2 aliphatic heterocycles. The summed E-state index contributed by atoms with van der Waals surface area (Å²) in [7, 11) is 0. The lowest BCUT2D eigenvalue weighted by molar-refractivity contribution is -0.137. The van der Waals surface area contributed by atoms with E-state index in [0.29, 0.717) is 40.3 Å². The van der Waals surface area contributed by atoms with Crippen LogP contribution in [0.2, 0.25) is 0 Å². The number of carbonyl (C=O) groups is 4. The molecule has 234 valence electrons. The second-order valence-corrected chi connectivity index (χ2v) is 11.6. The van der Waals surface area contributed by atoms with Gasteiger partial charge >= 0.3 is 17.9 Å². The van der Waals surface area contributed by atoms with E-state index in [9.17, 15) is 34.5 Å². The number of hydrogen-bond donors (Lipinski definition) is 6. The minimum absolute atomic E-state index is 0.0672. The number of fused-ring (bicyclic) bond motifs is 7. The van der Waals surface area contributed by atoms with E-state index in [-0.39, 0.29) is 42.0 Å². The minimum atomic E-state index is -1.23. The van der Waals surface area contributed by atoms with Crippen LogP contribution in [0.3, 0.4) is 0 Å². The Morgan fingerprint density at radius 3 is 2.33 bits per heavy atom. The number of aromatic amines is 3. The first-order valence-electron chi connectivity index (χ1n) is 14.8. The van der Waals surface area contributed by atoms with Gasteiger partial charge < -0.3 is 30.3 Å². The predicted molar refractivity (Wildman–Crippen MR) is 170 cm³/mol. The Morgan fingerprint density at radius 1 is 1.00 bits per heavy atom. The average molecular weight is 613 g/mol. The molecule has 0 spiro atoms. The summed E-state index contributed by atoms with van der Waals surface area (Å²) < 4.78 is 0. The van der Waals surface area contributed by atoms with Gasteiger partial charge in [0.05, 0.1) is 29.1 Å². The third-order valence-corrected chi connectivity index (χ3v) is 9.09. The van der Waals surface area contributed by atoms with Gasteiger partial charge in [-0.2, -0.15) is 0 Å². The normalized spacial score (nSPS) is 17.4. The van der Waals surface area contributed by atoms with Gasteiger partial charge in [-0.05, 0) is 55.5 Å². The highest BCUT2D eigenvalue weighted by atomic mass is 16.4. The van der Waals surface area contributed by atoms with Crippen LogP contribution in [0.1, 0.15) is 98.9 Å². The van der Waals surface area contributed by atoms with Crippen LogP contribution in [0.25, 0.3) is 23.8 Å². The largest absolute Gasteiger partial charge is 0.481 e. The number of aldehydes is 1. The van der Waals surface area contributed by atoms with Crippen LogP contribution in [0, 0.1) is 25.7 Å². The molecule has 0 saturated heterocycles. The number of allylic oxidation sites excluding steroid dienone is 1. The topological polar surface area (TPSA) is 189 Å². The highest BCUT2D eigenvalue weighted by Crippen LogP contribution is 2.42. The molecule has 3 aromatic heterocycles. The summed E-state index contributed by atoms with van der Waals surface area (Å²) in [5.41, 5.74) is 6.54. The molecule has 0 amide bonds. The number of rotatable bonds is 9. The summed E-state index contributed by atoms with van der Waals surface area (Å²) in [5, 5.41) is 31.4. The Bertz CT molecular complexity index is 1960. The van der Waals surface area contributed by atoms with Gasteiger partial charge in [-0.15, -0.1) is 0 Å². The molecule has 0 fully saturated rings. The number of nitrogens with one attached hydrogen (secondary N) is 3. The minimum Gasteiger partial charge on any atom is -0.481 e. The number of hydrogen-bond acceptors (Lipinski definition) is 5. The van der Waals surface area contributed by atoms with Gasteiger partial charge in [-0.3, -0.25) is 19.4 Å². The van der Waals surface area contributed by atoms with Gasteiger partial charge in [0, 0.05) is 69.2 Å². The molecule has 0 aromatic carbocycles. The van der Waals surface area contributed by atoms with E-state index in [4.69, 9.17) is 4.99 Å². The number of carbonyl (C=O) groups excluding carboxylic acids is 1. The van der Waals surface area contributed by atoms with Gasteiger partial charge in [0.25, 0.3) is 0 Å². The SMILES string of the molecule is C=Cc1c(C)c2[nH]c1=Cc1[nH]c(c(CC)c1C=O)Cc1[nH]c(c(C(=O)O)c1C)C(CC(=O)O)=C1N=C(C=2)[C@@H](C)[C@@H]1CCC(=O)O. The maximum absolute atomic E-state index is 12.7. The van der Waals surface area contributed by atoms with E-state index < -0.39 is 30.2 Å². The Morgan fingerprint density at radius 2 is 1.73 bits per heavy atom. The monoisotopic (exact) mass is 612 g/mol. The van der Waals surface area contributed by atoms with Crippen molar-refractivity contribution in [1.82, 2.24) is 15.0 Å². The molecule has 11 heteroatoms. The molecule has 5 rings (SSSR count). The number of carboxylic acids is 3. The highest BCUT2D eigenvalue weighted by molar-refractivity contribution is 6.14. The van der Waals surface area contributed by atoms with Gasteiger partial charge in [0.15, 0.2) is 6.29 Å². The van der Waals surface area contributed by atoms with Crippen molar-refractivity contribution < 1.29 is 34.5 Å². The van der Waals surface area contributed by atoms with Crippen molar-refractivity contribution in [1.29, 1.82) is 0 Å². The second-order valence-electron chi connectivity index (χ2n) is 11.6. The van der Waals surface area contributed by atoms with Crippen LogP contribution in [-0.2, 0) is 22.4 Å². The highest BCUT2D eigenvalue weighted by Gasteiger charge is 2.36. The summed E-state index contributed by atoms with van der Waals surface area (Å²) in [4.78, 5) is 64.0. The molecule has 2 aliphatic rings. The Hall–Kier alpha value is -5.19. The summed E-state index contributed by atoms with van der Waals surface area (Å²) >= 11 is 0. The van der Waals surface area contributed by atoms with Crippen molar-refractivity contribution in [2.24, 2.45) is 16.8 Å². The number of carboxylic acid groups (broad SMARTS) is 3. The van der Waals surface area contributed by atoms with Crippen molar-refractivity contribution in [2.45, 2.75) is 59.8 Å². The molecule has 11 nitrogen and oxygen atoms in total. The molecular weight excluding hydrogens is 576 g/mol. The molecule has 8 bridgehead atoms. The molecule has 45 heavy (non-hydrogen) atoms. The van der Waals surface area contributed by atoms with E-state index >= 15 is 0 Å². The molecule has 0 aliphatic carbocycles. The molecule has 5 heterocycles. The van der Waals surface area contributed by atoms with Gasteiger partial charge in [-0.25, -0.2) is 4.79 Å². The molecule has 3 aromatic rings. The fourth-order valence-electron chi connectivity index (χ4n) is 6.74. The molecule has 6 N–H and O–H groups in total. The van der Waals surface area contributed by atoms with E-state index in [1.165, 1.54) is 0 Å². The summed E-state index contributed by atoms with van der Waals surface area (Å²) in [6.45, 7) is 11.4. The molecule has 2 atom stereocenters. The maximum atomic E-state index is 12.7. The number of nitrogens with zero attached hydrogens (tertiary/aromatic N) is 1. The number of aliphatic imine (C=N–C) groups is 1. The first-order chi connectivity index (χ1) is 21.4. The third-order valence-electron chi connectivity index (χ3n) is 9.09. The average Bonchev–Trinajstić information content (AvgIpc) is 3.67. The first-order valence-corrected chi connectivity index (χ1v) is 14.8. The number of aliphatic carboxylic acids is 2. The van der Waals surface area contributed by atoms with Crippen LogP contribution >= 0.6 is 0 Å². The number of aromatic nitrogens is 3. The standard InChI is InChI=1S/C34H36N4O7/c1-6-18-15(3)23-11-24-16(4)20(8-9-29(40)41)32(37-24)21(10-30(42)43)33-31(34(44)45)17(5)25(38-33)12-27-19(7-2)22(14-39)28(36-27)13-26(18)35-23/h6,11,13-14,16,20,35-36,38H,1,7-10,12H2,2-5H3,(H,40,41)(H,42,43)(H,44,45)/t16-,20-/m0/s1. The van der Waals surface area contributed by atoms with Crippen LogP contribution in [0.4, 0.5) is 0 Å². The van der Waals surface area contributed by atoms with E-state index in [0.717, 1.165) is 39.4 Å². The fourth-order valence-corrected chi connectivity index (χ4v) is 6.74. The molecule has 0 unspecified atom stereocenters. The molecular formula is C34H36N4O7. The van der Waals surface area contributed by atoms with Crippen LogP contribution in [0.15, 0.2) is 17.3 Å². The Balaban J connectivity index is 1.94. The zero-order chi connectivity index (χ0) is 32.7. The number of aromatic carboxylic acids is 1. The number of H-pyrrole nitrogens is 3. The zero-order valence-electron chi connectivity index (χ0n) is 25.6. The van der Waals surface area contributed by atoms with Crippen molar-refractivity contribution in [2.75, 3.05) is 0 Å². The van der Waals surface area contributed by atoms with Gasteiger partial charge in [0.2, 0.25) is 0 Å². The maximum Gasteiger partial charge on any atom is 0.338 e. The van der Waals surface area contributed by atoms with E-state index in [1.54, 1.807) is 13.0 Å². The second kappa shape index (κ2) is 12.1. The predicted octanol–water partition coefficient (Wildman–Crippen LogP) is 3.98. The molecule has 0 radical (unpaired) electrons. The Labute approximate surface area is 258 Å². The van der Waals surface area contributed by atoms with Crippen molar-refractivity contribution in [3.05, 3.63) is 79.1 Å². The lowest BCUT2D eigenvalue weighted by Gasteiger charge is -2.19. The van der Waals surface area contributed by atoms with E-state index in [2.05, 4.69) is 21.5 Å². The summed E-state index contributed by atoms with van der Waals surface area (Å²) in [6, 6.07) is 0. The van der Waals surface area contributed by atoms with Crippen LogP contribution in [-0.4, -0.2) is 60.2 Å². The fraction of sp³-hybridized carbons (Fsp3) is 0.324. The van der Waals surface area contributed by atoms with Crippen molar-refractivity contribution >= 4 is 53.7 Å². The summed E-state index contributed by atoms with van der Waals surface area (Å²) in [6.07, 6.45) is 6.53. The van der Waals surface area contributed by atoms with Crippen LogP contribution < -0.4 is 10.7 Å². The lowest BCUT2D eigenvalue weighted by Crippen LogP contribution is -2.19.